The SMILES string of the molecule is CC(=O)NC1CCOC2(CCN(Cc3scnc3C)CC2)C1. The molecule has 1 amide bonds. The number of likely N-dealkylation sites (tertiary alicyclic amines) is 1. The van der Waals surface area contributed by atoms with Crippen LogP contribution in [0.4, 0.5) is 0 Å². The van der Waals surface area contributed by atoms with Crippen molar-refractivity contribution in [2.24, 2.45) is 0 Å². The Morgan fingerprint density at radius 1 is 1.55 bits per heavy atom. The normalized spacial score (nSPS) is 25.3. The Hall–Kier alpha value is -0.980. The summed E-state index contributed by atoms with van der Waals surface area (Å²) < 4.78 is 6.14. The maximum Gasteiger partial charge on any atom is 0.217 e. The van der Waals surface area contributed by atoms with Gasteiger partial charge >= 0.3 is 0 Å². The van der Waals surface area contributed by atoms with Gasteiger partial charge in [-0.3, -0.25) is 9.69 Å². The van der Waals surface area contributed by atoms with E-state index in [4.69, 9.17) is 4.74 Å². The molecule has 0 aliphatic carbocycles. The molecule has 0 radical (unpaired) electrons. The van der Waals surface area contributed by atoms with E-state index < -0.39 is 0 Å². The topological polar surface area (TPSA) is 54.5 Å². The zero-order valence-corrected chi connectivity index (χ0v) is 14.2. The zero-order valence-electron chi connectivity index (χ0n) is 13.4. The third-order valence-electron chi connectivity index (χ3n) is 4.88. The van der Waals surface area contributed by atoms with Gasteiger partial charge in [0.25, 0.3) is 0 Å². The van der Waals surface area contributed by atoms with Crippen molar-refractivity contribution in [3.8, 4) is 0 Å². The standard InChI is InChI=1S/C16H25N3O2S/c1-12-15(22-11-17-12)10-19-6-4-16(5-7-19)9-14(3-8-21-16)18-13(2)20/h11,14H,3-10H2,1-2H3,(H,18,20). The molecule has 1 N–H and O–H groups in total. The number of thiazole rings is 1. The Bertz CT molecular complexity index is 523. The van der Waals surface area contributed by atoms with Crippen molar-refractivity contribution in [2.75, 3.05) is 19.7 Å². The van der Waals surface area contributed by atoms with Gasteiger partial charge in [0.05, 0.1) is 16.8 Å². The van der Waals surface area contributed by atoms with Crippen molar-refractivity contribution >= 4 is 17.2 Å². The molecule has 1 atom stereocenters. The van der Waals surface area contributed by atoms with E-state index >= 15 is 0 Å². The summed E-state index contributed by atoms with van der Waals surface area (Å²) in [6.45, 7) is 7.57. The second-order valence-corrected chi connectivity index (χ2v) is 7.50. The van der Waals surface area contributed by atoms with Gasteiger partial charge in [-0.1, -0.05) is 0 Å². The van der Waals surface area contributed by atoms with Gasteiger partial charge in [-0.25, -0.2) is 4.98 Å². The third kappa shape index (κ3) is 3.67. The molecule has 3 heterocycles. The number of piperidine rings is 1. The van der Waals surface area contributed by atoms with E-state index in [-0.39, 0.29) is 17.6 Å². The van der Waals surface area contributed by atoms with E-state index in [2.05, 4.69) is 22.1 Å². The Labute approximate surface area is 136 Å². The van der Waals surface area contributed by atoms with E-state index in [9.17, 15) is 4.79 Å². The summed E-state index contributed by atoms with van der Waals surface area (Å²) in [5.41, 5.74) is 3.06. The minimum Gasteiger partial charge on any atom is -0.375 e. The number of aromatic nitrogens is 1. The summed E-state index contributed by atoms with van der Waals surface area (Å²) in [6, 6.07) is 0.279. The third-order valence-corrected chi connectivity index (χ3v) is 5.80. The van der Waals surface area contributed by atoms with Crippen molar-refractivity contribution < 1.29 is 9.53 Å². The van der Waals surface area contributed by atoms with Gasteiger partial charge in [0.2, 0.25) is 5.91 Å². The number of nitrogens with zero attached hydrogens (tertiary/aromatic N) is 2. The quantitative estimate of drug-likeness (QED) is 0.925. The average Bonchev–Trinajstić information content (AvgIpc) is 2.87. The first-order valence-corrected chi connectivity index (χ1v) is 8.97. The van der Waals surface area contributed by atoms with E-state index in [1.165, 1.54) is 4.88 Å². The molecule has 1 spiro atoms. The average molecular weight is 323 g/mol. The van der Waals surface area contributed by atoms with Gasteiger partial charge in [0.1, 0.15) is 0 Å². The Kier molecular flexibility index (Phi) is 4.80. The van der Waals surface area contributed by atoms with Crippen molar-refractivity contribution in [3.05, 3.63) is 16.1 Å². The highest BCUT2D eigenvalue weighted by atomic mass is 32.1. The molecule has 22 heavy (non-hydrogen) atoms. The van der Waals surface area contributed by atoms with Gasteiger partial charge in [0.15, 0.2) is 0 Å². The fourth-order valence-electron chi connectivity index (χ4n) is 3.59. The molecule has 122 valence electrons. The van der Waals surface area contributed by atoms with Gasteiger partial charge in [-0.2, -0.15) is 0 Å². The highest BCUT2D eigenvalue weighted by Crippen LogP contribution is 2.35. The molecule has 2 saturated heterocycles. The molecule has 1 aromatic rings. The molecule has 0 bridgehead atoms. The number of hydrogen-bond acceptors (Lipinski definition) is 5. The predicted octanol–water partition coefficient (Wildman–Crippen LogP) is 2.10. The van der Waals surface area contributed by atoms with Crippen molar-refractivity contribution in [3.63, 3.8) is 0 Å². The van der Waals surface area contributed by atoms with Crippen LogP contribution in [0, 0.1) is 6.92 Å². The molecule has 1 aromatic heterocycles. The van der Waals surface area contributed by atoms with E-state index in [0.717, 1.165) is 57.6 Å². The molecule has 2 fully saturated rings. The van der Waals surface area contributed by atoms with Crippen molar-refractivity contribution in [2.45, 2.75) is 57.7 Å². The summed E-state index contributed by atoms with van der Waals surface area (Å²) in [5.74, 6) is 0.0696. The highest BCUT2D eigenvalue weighted by molar-refractivity contribution is 7.09. The Balaban J connectivity index is 1.54. The molecule has 0 saturated carbocycles. The summed E-state index contributed by atoms with van der Waals surface area (Å²) in [7, 11) is 0. The van der Waals surface area contributed by atoms with Crippen LogP contribution < -0.4 is 5.32 Å². The van der Waals surface area contributed by atoms with E-state index in [1.54, 1.807) is 18.3 Å². The molecule has 0 aromatic carbocycles. The lowest BCUT2D eigenvalue weighted by molar-refractivity contribution is -0.130. The summed E-state index contributed by atoms with van der Waals surface area (Å²) in [6.07, 6.45) is 4.01. The second kappa shape index (κ2) is 6.64. The molecule has 3 rings (SSSR count). The van der Waals surface area contributed by atoms with Crippen LogP contribution in [-0.4, -0.2) is 47.1 Å². The van der Waals surface area contributed by atoms with Crippen LogP contribution in [0.25, 0.3) is 0 Å². The van der Waals surface area contributed by atoms with Crippen LogP contribution in [0.1, 0.15) is 43.2 Å². The minimum atomic E-state index is -0.0232. The van der Waals surface area contributed by atoms with Gasteiger partial charge < -0.3 is 10.1 Å². The number of ether oxygens (including phenoxy) is 1. The molecule has 5 nitrogen and oxygen atoms in total. The minimum absolute atomic E-state index is 0.0232. The van der Waals surface area contributed by atoms with Crippen molar-refractivity contribution in [1.29, 1.82) is 0 Å². The fourth-order valence-corrected chi connectivity index (χ4v) is 4.41. The fraction of sp³-hybridized carbons (Fsp3) is 0.750. The number of hydrogen-bond donors (Lipinski definition) is 1. The molecule has 2 aliphatic heterocycles. The summed E-state index contributed by atoms with van der Waals surface area (Å²) in [5, 5.41) is 3.07. The molecular formula is C16H25N3O2S. The first-order chi connectivity index (χ1) is 10.6. The smallest absolute Gasteiger partial charge is 0.217 e. The number of nitrogens with one attached hydrogen (secondary N) is 1. The second-order valence-electron chi connectivity index (χ2n) is 6.56. The molecule has 1 unspecified atom stereocenters. The highest BCUT2D eigenvalue weighted by Gasteiger charge is 2.40. The van der Waals surface area contributed by atoms with Gasteiger partial charge in [-0.15, -0.1) is 11.3 Å². The predicted molar refractivity (Wildman–Crippen MR) is 86.9 cm³/mol. The summed E-state index contributed by atoms with van der Waals surface area (Å²) >= 11 is 1.75. The van der Waals surface area contributed by atoms with Gasteiger partial charge in [0, 0.05) is 44.1 Å². The van der Waals surface area contributed by atoms with Crippen LogP contribution in [-0.2, 0) is 16.1 Å². The number of rotatable bonds is 3. The number of carbonyl (C=O) groups excluding carboxylic acids is 1. The molecule has 2 aliphatic rings. The summed E-state index contributed by atoms with van der Waals surface area (Å²) in [4.78, 5) is 19.5. The lowest BCUT2D eigenvalue weighted by Crippen LogP contribution is -2.53. The number of aryl methyl sites for hydroxylation is 1. The van der Waals surface area contributed by atoms with Crippen LogP contribution in [0.15, 0.2) is 5.51 Å². The first-order valence-electron chi connectivity index (χ1n) is 8.09. The Morgan fingerprint density at radius 2 is 2.32 bits per heavy atom. The number of carbonyl (C=O) groups is 1. The monoisotopic (exact) mass is 323 g/mol. The van der Waals surface area contributed by atoms with Crippen LogP contribution in [0.5, 0.6) is 0 Å². The lowest BCUT2D eigenvalue weighted by atomic mass is 9.82. The zero-order chi connectivity index (χ0) is 15.6. The lowest BCUT2D eigenvalue weighted by Gasteiger charge is -2.46. The Morgan fingerprint density at radius 3 is 2.95 bits per heavy atom. The van der Waals surface area contributed by atoms with Crippen LogP contribution >= 0.6 is 11.3 Å². The van der Waals surface area contributed by atoms with E-state index in [1.807, 2.05) is 5.51 Å². The van der Waals surface area contributed by atoms with E-state index in [0.29, 0.717) is 0 Å². The van der Waals surface area contributed by atoms with Gasteiger partial charge in [-0.05, 0) is 32.6 Å². The van der Waals surface area contributed by atoms with Crippen molar-refractivity contribution in [1.82, 2.24) is 15.2 Å². The molecular weight excluding hydrogens is 298 g/mol. The largest absolute Gasteiger partial charge is 0.375 e. The molecule has 6 heteroatoms. The van der Waals surface area contributed by atoms with Crippen LogP contribution in [0.2, 0.25) is 0 Å². The first kappa shape index (κ1) is 15.9. The number of amides is 1. The maximum absolute atomic E-state index is 11.3. The maximum atomic E-state index is 11.3. The van der Waals surface area contributed by atoms with Crippen LogP contribution in [0.3, 0.4) is 0 Å².